The summed E-state index contributed by atoms with van der Waals surface area (Å²) in [6.45, 7) is 6.56. The number of hydrogen-bond donors (Lipinski definition) is 3. The first-order valence-corrected chi connectivity index (χ1v) is 13.1. The minimum absolute atomic E-state index is 0.0347. The van der Waals surface area contributed by atoms with Crippen LogP contribution in [0.4, 0.5) is 21.9 Å². The number of nitrogens with one attached hydrogen (secondary N) is 2. The largest absolute Gasteiger partial charge is 0.495 e. The first-order chi connectivity index (χ1) is 18.7. The summed E-state index contributed by atoms with van der Waals surface area (Å²) in [6, 6.07) is 18.4. The Labute approximate surface area is 229 Å². The number of urea groups is 1. The Hall–Kier alpha value is -4.33. The number of amides is 3. The second-order valence-electron chi connectivity index (χ2n) is 10.2. The highest BCUT2D eigenvalue weighted by molar-refractivity contribution is 6.01. The molecule has 0 saturated carbocycles. The van der Waals surface area contributed by atoms with Crippen molar-refractivity contribution >= 4 is 35.0 Å². The van der Waals surface area contributed by atoms with Crippen LogP contribution in [0.5, 0.6) is 5.75 Å². The molecule has 0 spiro atoms. The van der Waals surface area contributed by atoms with Crippen LogP contribution in [-0.4, -0.2) is 36.7 Å². The van der Waals surface area contributed by atoms with Gasteiger partial charge in [-0.15, -0.1) is 0 Å². The van der Waals surface area contributed by atoms with E-state index < -0.39 is 5.97 Å². The van der Waals surface area contributed by atoms with Gasteiger partial charge in [-0.05, 0) is 71.7 Å². The number of methoxy groups -OCH3 is 1. The summed E-state index contributed by atoms with van der Waals surface area (Å²) < 4.78 is 5.50. The van der Waals surface area contributed by atoms with Gasteiger partial charge in [0, 0.05) is 17.9 Å². The zero-order chi connectivity index (χ0) is 28.1. The lowest BCUT2D eigenvalue weighted by Gasteiger charge is -2.22. The van der Waals surface area contributed by atoms with Crippen molar-refractivity contribution in [2.45, 2.75) is 46.0 Å². The maximum absolute atomic E-state index is 13.3. The Morgan fingerprint density at radius 2 is 1.74 bits per heavy atom. The lowest BCUT2D eigenvalue weighted by Crippen LogP contribution is -2.30. The van der Waals surface area contributed by atoms with E-state index in [0.29, 0.717) is 18.0 Å². The van der Waals surface area contributed by atoms with E-state index in [1.54, 1.807) is 17.0 Å². The molecular weight excluding hydrogens is 494 g/mol. The van der Waals surface area contributed by atoms with E-state index >= 15 is 0 Å². The summed E-state index contributed by atoms with van der Waals surface area (Å²) in [5, 5.41) is 15.0. The molecule has 8 nitrogen and oxygen atoms in total. The van der Waals surface area contributed by atoms with E-state index in [2.05, 4.69) is 16.7 Å². The molecule has 3 aromatic carbocycles. The van der Waals surface area contributed by atoms with Crippen LogP contribution in [0.1, 0.15) is 48.4 Å². The number of carbonyl (C=O) groups excluding carboxylic acids is 2. The Kier molecular flexibility index (Phi) is 8.54. The number of nitrogens with zero attached hydrogens (tertiary/aromatic N) is 1. The van der Waals surface area contributed by atoms with Gasteiger partial charge < -0.3 is 25.4 Å². The molecule has 0 bridgehead atoms. The molecule has 1 unspecified atom stereocenters. The van der Waals surface area contributed by atoms with Crippen molar-refractivity contribution in [1.29, 1.82) is 0 Å². The number of rotatable bonds is 9. The molecule has 8 heteroatoms. The Morgan fingerprint density at radius 1 is 1.00 bits per heavy atom. The van der Waals surface area contributed by atoms with Crippen LogP contribution in [0.25, 0.3) is 0 Å². The van der Waals surface area contributed by atoms with Gasteiger partial charge in [0.25, 0.3) is 0 Å². The molecule has 0 fully saturated rings. The number of fused-ring (bicyclic) bond motifs is 1. The Bertz CT molecular complexity index is 1380. The lowest BCUT2D eigenvalue weighted by molar-refractivity contribution is -0.137. The van der Waals surface area contributed by atoms with Gasteiger partial charge >= 0.3 is 12.0 Å². The summed E-state index contributed by atoms with van der Waals surface area (Å²) in [5.74, 6) is -0.262. The number of benzene rings is 3. The summed E-state index contributed by atoms with van der Waals surface area (Å²) in [5.41, 5.74) is 5.88. The molecule has 3 aromatic rings. The number of anilines is 3. The third-order valence-electron chi connectivity index (χ3n) is 7.19. The topological polar surface area (TPSA) is 108 Å². The summed E-state index contributed by atoms with van der Waals surface area (Å²) in [7, 11) is 1.52. The fourth-order valence-electron chi connectivity index (χ4n) is 5.05. The fourth-order valence-corrected chi connectivity index (χ4v) is 5.05. The van der Waals surface area contributed by atoms with Crippen LogP contribution in [0.3, 0.4) is 0 Å². The minimum Gasteiger partial charge on any atom is -0.495 e. The molecular formula is C31H35N3O5. The molecule has 0 aliphatic carbocycles. The summed E-state index contributed by atoms with van der Waals surface area (Å²) >= 11 is 0. The van der Waals surface area contributed by atoms with Crippen molar-refractivity contribution in [3.63, 3.8) is 0 Å². The fraction of sp³-hybridized carbons (Fsp3) is 0.323. The highest BCUT2D eigenvalue weighted by Crippen LogP contribution is 2.35. The van der Waals surface area contributed by atoms with Gasteiger partial charge in [0.2, 0.25) is 5.91 Å². The average molecular weight is 530 g/mol. The molecule has 1 heterocycles. The normalized spacial score (nSPS) is 13.1. The highest BCUT2D eigenvalue weighted by Gasteiger charge is 2.27. The van der Waals surface area contributed by atoms with Gasteiger partial charge in [-0.2, -0.15) is 0 Å². The molecule has 1 aliphatic heterocycles. The molecule has 3 N–H and O–H groups in total. The number of carboxylic acids is 1. The Balaban J connectivity index is 1.44. The third-order valence-corrected chi connectivity index (χ3v) is 7.19. The average Bonchev–Trinajstić information content (AvgIpc) is 3.32. The number of aryl methyl sites for hydroxylation is 1. The number of aliphatic carboxylic acids is 1. The third kappa shape index (κ3) is 6.57. The maximum atomic E-state index is 13.3. The number of hydrogen-bond acceptors (Lipinski definition) is 4. The molecule has 204 valence electrons. The van der Waals surface area contributed by atoms with Gasteiger partial charge in [0.1, 0.15) is 5.75 Å². The van der Waals surface area contributed by atoms with Gasteiger partial charge in [0.05, 0.1) is 25.6 Å². The van der Waals surface area contributed by atoms with Crippen LogP contribution in [0, 0.1) is 12.8 Å². The van der Waals surface area contributed by atoms with Crippen LogP contribution < -0.4 is 20.3 Å². The first-order valence-electron chi connectivity index (χ1n) is 13.1. The number of carbonyl (C=O) groups is 3. The molecule has 0 aromatic heterocycles. The lowest BCUT2D eigenvalue weighted by atomic mass is 9.85. The molecule has 1 aliphatic rings. The van der Waals surface area contributed by atoms with Crippen molar-refractivity contribution in [3.8, 4) is 5.75 Å². The van der Waals surface area contributed by atoms with Crippen molar-refractivity contribution < 1.29 is 24.2 Å². The molecule has 39 heavy (non-hydrogen) atoms. The second kappa shape index (κ2) is 12.0. The van der Waals surface area contributed by atoms with Crippen LogP contribution >= 0.6 is 0 Å². The van der Waals surface area contributed by atoms with E-state index in [4.69, 9.17) is 4.74 Å². The van der Waals surface area contributed by atoms with E-state index in [1.165, 1.54) is 7.11 Å². The Morgan fingerprint density at radius 3 is 2.44 bits per heavy atom. The van der Waals surface area contributed by atoms with Crippen molar-refractivity contribution in [1.82, 2.24) is 0 Å². The van der Waals surface area contributed by atoms with Crippen LogP contribution in [0.15, 0.2) is 60.7 Å². The molecule has 0 radical (unpaired) electrons. The molecule has 1 atom stereocenters. The molecule has 3 amide bonds. The number of carboxylic acid groups (broad SMARTS) is 1. The van der Waals surface area contributed by atoms with Crippen LogP contribution in [0.2, 0.25) is 0 Å². The van der Waals surface area contributed by atoms with E-state index in [1.807, 2.05) is 63.2 Å². The van der Waals surface area contributed by atoms with Gasteiger partial charge in [0.15, 0.2) is 0 Å². The van der Waals surface area contributed by atoms with Crippen molar-refractivity contribution in [2.24, 2.45) is 5.92 Å². The standard InChI is InChI=1S/C31H35N3O5/c1-19(2)24(18-30(36)37)22-10-12-27-23(17-22)13-14-34(27)29(35)16-21-9-11-26(28(15-21)39-4)33-31(38)32-25-8-6-5-7-20(25)3/h5-12,15,17,19,24H,13-14,16,18H2,1-4H3,(H,36,37)(H2,32,33,38). The monoisotopic (exact) mass is 529 g/mol. The molecule has 4 rings (SSSR count). The first kappa shape index (κ1) is 27.7. The van der Waals surface area contributed by atoms with Crippen molar-refractivity contribution in [2.75, 3.05) is 29.2 Å². The predicted molar refractivity (Wildman–Crippen MR) is 153 cm³/mol. The predicted octanol–water partition coefficient (Wildman–Crippen LogP) is 5.99. The van der Waals surface area contributed by atoms with Gasteiger partial charge in [-0.1, -0.05) is 50.2 Å². The van der Waals surface area contributed by atoms with Crippen LogP contribution in [-0.2, 0) is 22.4 Å². The van der Waals surface area contributed by atoms with Gasteiger partial charge in [-0.3, -0.25) is 9.59 Å². The highest BCUT2D eigenvalue weighted by atomic mass is 16.5. The van der Waals surface area contributed by atoms with E-state index in [-0.39, 0.29) is 36.6 Å². The maximum Gasteiger partial charge on any atom is 0.323 e. The minimum atomic E-state index is -0.811. The molecule has 0 saturated heterocycles. The van der Waals surface area contributed by atoms with Gasteiger partial charge in [-0.25, -0.2) is 4.79 Å². The zero-order valence-corrected chi connectivity index (χ0v) is 22.8. The van der Waals surface area contributed by atoms with E-state index in [9.17, 15) is 19.5 Å². The number of para-hydroxylation sites is 1. The smallest absolute Gasteiger partial charge is 0.323 e. The second-order valence-corrected chi connectivity index (χ2v) is 10.2. The summed E-state index contributed by atoms with van der Waals surface area (Å²) in [4.78, 5) is 39.0. The van der Waals surface area contributed by atoms with Crippen molar-refractivity contribution in [3.05, 3.63) is 82.9 Å². The SMILES string of the molecule is COc1cc(CC(=O)N2CCc3cc(C(CC(=O)O)C(C)C)ccc32)ccc1NC(=O)Nc1ccccc1C. The number of ether oxygens (including phenoxy) is 1. The van der Waals surface area contributed by atoms with E-state index in [0.717, 1.165) is 40.0 Å². The zero-order valence-electron chi connectivity index (χ0n) is 22.8. The summed E-state index contributed by atoms with van der Waals surface area (Å²) in [6.07, 6.45) is 0.995. The quantitative estimate of drug-likeness (QED) is 0.315.